The number of nitrogens with one attached hydrogen (secondary N) is 1. The summed E-state index contributed by atoms with van der Waals surface area (Å²) < 4.78 is 0. The van der Waals surface area contributed by atoms with E-state index in [4.69, 9.17) is 0 Å². The van der Waals surface area contributed by atoms with E-state index in [1.807, 2.05) is 11.8 Å². The monoisotopic (exact) mass is 103 g/mol. The van der Waals surface area contributed by atoms with E-state index < -0.39 is 0 Å². The van der Waals surface area contributed by atoms with E-state index in [1.165, 1.54) is 13.0 Å². The van der Waals surface area contributed by atoms with Gasteiger partial charge in [-0.2, -0.15) is 0 Å². The lowest BCUT2D eigenvalue weighted by atomic mass is 10.3. The molecule has 0 amide bonds. The summed E-state index contributed by atoms with van der Waals surface area (Å²) in [5.41, 5.74) is 0. The van der Waals surface area contributed by atoms with Crippen molar-refractivity contribution < 1.29 is 0 Å². The second-order valence-corrected chi connectivity index (χ2v) is 2.51. The maximum Gasteiger partial charge on any atom is 0.0541 e. The van der Waals surface area contributed by atoms with Crippen LogP contribution < -0.4 is 5.32 Å². The van der Waals surface area contributed by atoms with Gasteiger partial charge in [-0.25, -0.2) is 0 Å². The van der Waals surface area contributed by atoms with Crippen LogP contribution in [0.3, 0.4) is 0 Å². The number of rotatable bonds is 1. The van der Waals surface area contributed by atoms with Crippen LogP contribution in [0.2, 0.25) is 0 Å². The van der Waals surface area contributed by atoms with Gasteiger partial charge in [0.2, 0.25) is 0 Å². The van der Waals surface area contributed by atoms with Gasteiger partial charge in [0.25, 0.3) is 0 Å². The van der Waals surface area contributed by atoms with Crippen molar-refractivity contribution in [1.82, 2.24) is 5.32 Å². The zero-order valence-corrected chi connectivity index (χ0v) is 4.72. The van der Waals surface area contributed by atoms with Crippen LogP contribution in [0.25, 0.3) is 0 Å². The highest BCUT2D eigenvalue weighted by atomic mass is 32.2. The van der Waals surface area contributed by atoms with Crippen molar-refractivity contribution in [3.63, 3.8) is 0 Å². The van der Waals surface area contributed by atoms with Gasteiger partial charge in [-0.1, -0.05) is 0 Å². The Hall–Kier alpha value is 0.310. The Kier molecular flexibility index (Phi) is 1.37. The summed E-state index contributed by atoms with van der Waals surface area (Å²) in [5, 5.41) is 4.04. The third kappa shape index (κ3) is 0.684. The van der Waals surface area contributed by atoms with Gasteiger partial charge in [0.05, 0.1) is 5.37 Å². The summed E-state index contributed by atoms with van der Waals surface area (Å²) in [6.45, 7) is 1.23. The zero-order chi connectivity index (χ0) is 4.41. The van der Waals surface area contributed by atoms with E-state index in [-0.39, 0.29) is 0 Å². The van der Waals surface area contributed by atoms with Gasteiger partial charge in [-0.05, 0) is 19.2 Å². The Bertz CT molecular complexity index is 40.1. The molecule has 0 aromatic carbocycles. The Labute approximate surface area is 42.5 Å². The molecule has 1 N–H and O–H groups in total. The first-order valence-electron chi connectivity index (χ1n) is 2.19. The van der Waals surface area contributed by atoms with Gasteiger partial charge in [0, 0.05) is 0 Å². The zero-order valence-electron chi connectivity index (χ0n) is 3.90. The minimum absolute atomic E-state index is 0.782. The third-order valence-corrected chi connectivity index (χ3v) is 2.03. The molecule has 0 saturated carbocycles. The molecule has 1 aliphatic rings. The molecule has 1 heterocycles. The number of hydrogen-bond donors (Lipinski definition) is 1. The lowest BCUT2D eigenvalue weighted by Crippen LogP contribution is -2.39. The van der Waals surface area contributed by atoms with E-state index in [0.717, 1.165) is 5.37 Å². The highest BCUT2D eigenvalue weighted by molar-refractivity contribution is 7.99. The second kappa shape index (κ2) is 1.85. The first-order valence-corrected chi connectivity index (χ1v) is 3.48. The van der Waals surface area contributed by atoms with Crippen LogP contribution in [0.15, 0.2) is 0 Å². The fourth-order valence-corrected chi connectivity index (χ4v) is 1.10. The lowest BCUT2D eigenvalue weighted by molar-refractivity contribution is 0.487. The molecule has 1 rings (SSSR count). The number of hydrogen-bond acceptors (Lipinski definition) is 2. The molecule has 0 aliphatic carbocycles. The van der Waals surface area contributed by atoms with Gasteiger partial charge < -0.3 is 5.32 Å². The molecule has 0 radical (unpaired) electrons. The molecule has 1 atom stereocenters. The Morgan fingerprint density at radius 2 is 2.50 bits per heavy atom. The second-order valence-electron chi connectivity index (χ2n) is 1.47. The van der Waals surface area contributed by atoms with E-state index in [2.05, 4.69) is 11.6 Å². The molecular weight excluding hydrogens is 94.1 g/mol. The lowest BCUT2D eigenvalue weighted by Gasteiger charge is -2.24. The summed E-state index contributed by atoms with van der Waals surface area (Å²) in [6.07, 6.45) is 3.50. The molecule has 1 nitrogen and oxygen atoms in total. The molecule has 0 spiro atoms. The Balaban J connectivity index is 2.01. The van der Waals surface area contributed by atoms with Crippen LogP contribution in [-0.4, -0.2) is 18.2 Å². The highest BCUT2D eigenvalue weighted by Crippen LogP contribution is 2.12. The molecule has 6 heavy (non-hydrogen) atoms. The maximum atomic E-state index is 3.26. The average molecular weight is 103 g/mol. The van der Waals surface area contributed by atoms with Crippen molar-refractivity contribution in [2.24, 2.45) is 0 Å². The van der Waals surface area contributed by atoms with Crippen LogP contribution in [0, 0.1) is 0 Å². The summed E-state index contributed by atoms with van der Waals surface area (Å²) >= 11 is 1.90. The van der Waals surface area contributed by atoms with Crippen LogP contribution in [0.1, 0.15) is 6.42 Å². The van der Waals surface area contributed by atoms with Gasteiger partial charge in [0.15, 0.2) is 0 Å². The molecule has 0 aromatic rings. The summed E-state index contributed by atoms with van der Waals surface area (Å²) in [6, 6.07) is 0. The minimum atomic E-state index is 0.782. The normalized spacial score (nSPS) is 32.5. The van der Waals surface area contributed by atoms with E-state index in [9.17, 15) is 0 Å². The summed E-state index contributed by atoms with van der Waals surface area (Å²) in [7, 11) is 0. The molecule has 0 bridgehead atoms. The Morgan fingerprint density at radius 1 is 1.83 bits per heavy atom. The van der Waals surface area contributed by atoms with Crippen molar-refractivity contribution in [2.45, 2.75) is 11.8 Å². The minimum Gasteiger partial charge on any atom is -0.305 e. The predicted molar refractivity (Wildman–Crippen MR) is 29.9 cm³/mol. The molecular formula is C4H9NS. The largest absolute Gasteiger partial charge is 0.305 e. The molecule has 1 saturated heterocycles. The van der Waals surface area contributed by atoms with Gasteiger partial charge in [0.1, 0.15) is 0 Å². The standard InChI is InChI=1S/C4H9NS/c1-6-4-2-3-5-4/h4-5H,2-3H2,1H3. The topological polar surface area (TPSA) is 12.0 Å². The highest BCUT2D eigenvalue weighted by Gasteiger charge is 2.12. The van der Waals surface area contributed by atoms with Crippen LogP contribution in [0.5, 0.6) is 0 Å². The quantitative estimate of drug-likeness (QED) is 0.523. The first-order chi connectivity index (χ1) is 2.93. The fourth-order valence-electron chi connectivity index (χ4n) is 0.463. The van der Waals surface area contributed by atoms with E-state index >= 15 is 0 Å². The van der Waals surface area contributed by atoms with Crippen LogP contribution in [-0.2, 0) is 0 Å². The van der Waals surface area contributed by atoms with Gasteiger partial charge in [-0.3, -0.25) is 0 Å². The maximum absolute atomic E-state index is 3.26. The third-order valence-electron chi connectivity index (χ3n) is 1.06. The Morgan fingerprint density at radius 3 is 2.50 bits per heavy atom. The van der Waals surface area contributed by atoms with E-state index in [0.29, 0.717) is 0 Å². The van der Waals surface area contributed by atoms with Crippen molar-refractivity contribution in [3.8, 4) is 0 Å². The molecule has 1 fully saturated rings. The van der Waals surface area contributed by atoms with Gasteiger partial charge in [-0.15, -0.1) is 11.8 Å². The molecule has 1 unspecified atom stereocenters. The van der Waals surface area contributed by atoms with Crippen LogP contribution >= 0.6 is 11.8 Å². The summed E-state index contributed by atoms with van der Waals surface area (Å²) in [4.78, 5) is 0. The SMILES string of the molecule is CSC1CCN1. The number of thioether (sulfide) groups is 1. The molecule has 0 aromatic heterocycles. The predicted octanol–water partition coefficient (Wildman–Crippen LogP) is 0.669. The van der Waals surface area contributed by atoms with Crippen molar-refractivity contribution in [3.05, 3.63) is 0 Å². The van der Waals surface area contributed by atoms with Crippen molar-refractivity contribution in [2.75, 3.05) is 12.8 Å². The summed E-state index contributed by atoms with van der Waals surface area (Å²) in [5.74, 6) is 0. The van der Waals surface area contributed by atoms with Crippen molar-refractivity contribution in [1.29, 1.82) is 0 Å². The smallest absolute Gasteiger partial charge is 0.0541 e. The molecule has 36 valence electrons. The van der Waals surface area contributed by atoms with Crippen LogP contribution in [0.4, 0.5) is 0 Å². The molecule has 2 heteroatoms. The fraction of sp³-hybridized carbons (Fsp3) is 1.00. The van der Waals surface area contributed by atoms with E-state index in [1.54, 1.807) is 0 Å². The first kappa shape index (κ1) is 4.47. The van der Waals surface area contributed by atoms with Gasteiger partial charge >= 0.3 is 0 Å². The van der Waals surface area contributed by atoms with Crippen molar-refractivity contribution >= 4 is 11.8 Å². The molecule has 1 aliphatic heterocycles. The average Bonchev–Trinajstić information content (AvgIpc) is 1.31.